The zero-order valence-electron chi connectivity index (χ0n) is 12.6. The van der Waals surface area contributed by atoms with E-state index in [1.165, 1.54) is 0 Å². The van der Waals surface area contributed by atoms with E-state index in [1.54, 1.807) is 18.3 Å². The van der Waals surface area contributed by atoms with Crippen LogP contribution in [0.1, 0.15) is 32.8 Å². The van der Waals surface area contributed by atoms with Crippen LogP contribution in [-0.2, 0) is 4.74 Å². The molecule has 1 N–H and O–H groups in total. The van der Waals surface area contributed by atoms with Crippen LogP contribution in [0.3, 0.4) is 0 Å². The third-order valence-electron chi connectivity index (χ3n) is 3.12. The fraction of sp³-hybridized carbons (Fsp3) is 0.533. The topological polar surface area (TPSA) is 78.2 Å². The highest BCUT2D eigenvalue weighted by atomic mass is 16.6. The van der Waals surface area contributed by atoms with Crippen molar-refractivity contribution in [2.24, 2.45) is 0 Å². The van der Waals surface area contributed by atoms with E-state index in [1.807, 2.05) is 25.7 Å². The SMILES string of the molecule is CC(C)(C)OC(=O)N[C@H]1CCN(c2ncccc2C#N)C1. The summed E-state index contributed by atoms with van der Waals surface area (Å²) in [5.74, 6) is 0.675. The highest BCUT2D eigenvalue weighted by Crippen LogP contribution is 2.21. The lowest BCUT2D eigenvalue weighted by atomic mass is 10.2. The summed E-state index contributed by atoms with van der Waals surface area (Å²) in [5.41, 5.74) is 0.0487. The number of anilines is 1. The van der Waals surface area contributed by atoms with E-state index in [0.717, 1.165) is 13.0 Å². The molecule has 1 aliphatic rings. The quantitative estimate of drug-likeness (QED) is 0.901. The first-order chi connectivity index (χ1) is 9.89. The maximum absolute atomic E-state index is 11.8. The number of pyridine rings is 1. The molecule has 6 nitrogen and oxygen atoms in total. The molecule has 1 aromatic heterocycles. The molecule has 0 bridgehead atoms. The third-order valence-corrected chi connectivity index (χ3v) is 3.12. The highest BCUT2D eigenvalue weighted by Gasteiger charge is 2.27. The summed E-state index contributed by atoms with van der Waals surface area (Å²) < 4.78 is 5.25. The highest BCUT2D eigenvalue weighted by molar-refractivity contribution is 5.68. The van der Waals surface area contributed by atoms with Crippen LogP contribution in [0.4, 0.5) is 10.6 Å². The van der Waals surface area contributed by atoms with Crippen LogP contribution in [-0.4, -0.2) is 35.8 Å². The van der Waals surface area contributed by atoms with Gasteiger partial charge >= 0.3 is 6.09 Å². The monoisotopic (exact) mass is 288 g/mol. The zero-order valence-corrected chi connectivity index (χ0v) is 12.6. The van der Waals surface area contributed by atoms with Crippen molar-refractivity contribution in [1.82, 2.24) is 10.3 Å². The molecule has 21 heavy (non-hydrogen) atoms. The molecule has 1 aromatic rings. The summed E-state index contributed by atoms with van der Waals surface area (Å²) in [6.45, 7) is 6.89. The van der Waals surface area contributed by atoms with E-state index in [-0.39, 0.29) is 6.04 Å². The maximum Gasteiger partial charge on any atom is 0.407 e. The first kappa shape index (κ1) is 15.1. The first-order valence-electron chi connectivity index (χ1n) is 6.98. The molecule has 1 fully saturated rings. The van der Waals surface area contributed by atoms with E-state index in [9.17, 15) is 4.79 Å². The molecule has 0 aromatic carbocycles. The van der Waals surface area contributed by atoms with Gasteiger partial charge in [0.05, 0.1) is 11.6 Å². The van der Waals surface area contributed by atoms with Gasteiger partial charge in [-0.2, -0.15) is 5.26 Å². The second-order valence-electron chi connectivity index (χ2n) is 6.06. The van der Waals surface area contributed by atoms with Crippen molar-refractivity contribution in [3.05, 3.63) is 23.9 Å². The van der Waals surface area contributed by atoms with E-state index in [2.05, 4.69) is 16.4 Å². The molecule has 0 aliphatic carbocycles. The molecule has 1 atom stereocenters. The van der Waals surface area contributed by atoms with Crippen LogP contribution >= 0.6 is 0 Å². The number of aromatic nitrogens is 1. The lowest BCUT2D eigenvalue weighted by molar-refractivity contribution is 0.0509. The Morgan fingerprint density at radius 2 is 2.33 bits per heavy atom. The summed E-state index contributed by atoms with van der Waals surface area (Å²) in [6.07, 6.45) is 2.07. The molecule has 2 rings (SSSR count). The van der Waals surface area contributed by atoms with Crippen molar-refractivity contribution >= 4 is 11.9 Å². The smallest absolute Gasteiger partial charge is 0.407 e. The normalized spacial score (nSPS) is 18.2. The molecular weight excluding hydrogens is 268 g/mol. The minimum Gasteiger partial charge on any atom is -0.444 e. The summed E-state index contributed by atoms with van der Waals surface area (Å²) in [5, 5.41) is 12.0. The van der Waals surface area contributed by atoms with Crippen LogP contribution in [0.5, 0.6) is 0 Å². The van der Waals surface area contributed by atoms with Crippen molar-refractivity contribution in [2.75, 3.05) is 18.0 Å². The van der Waals surface area contributed by atoms with Gasteiger partial charge in [-0.25, -0.2) is 9.78 Å². The second kappa shape index (κ2) is 6.00. The van der Waals surface area contributed by atoms with Crippen LogP contribution in [0, 0.1) is 11.3 Å². The zero-order chi connectivity index (χ0) is 15.5. The second-order valence-corrected chi connectivity index (χ2v) is 6.06. The average Bonchev–Trinajstić information content (AvgIpc) is 2.84. The molecule has 0 spiro atoms. The lowest BCUT2D eigenvalue weighted by Gasteiger charge is -2.22. The molecule has 0 radical (unpaired) electrons. The van der Waals surface area contributed by atoms with Crippen molar-refractivity contribution in [3.63, 3.8) is 0 Å². The van der Waals surface area contributed by atoms with E-state index in [4.69, 9.17) is 10.00 Å². The van der Waals surface area contributed by atoms with Crippen molar-refractivity contribution < 1.29 is 9.53 Å². The Balaban J connectivity index is 1.95. The number of nitriles is 1. The third kappa shape index (κ3) is 4.09. The van der Waals surface area contributed by atoms with Gasteiger partial charge in [0.2, 0.25) is 0 Å². The largest absolute Gasteiger partial charge is 0.444 e. The Morgan fingerprint density at radius 3 is 3.00 bits per heavy atom. The van der Waals surface area contributed by atoms with Gasteiger partial charge in [-0.15, -0.1) is 0 Å². The van der Waals surface area contributed by atoms with Gasteiger partial charge in [-0.05, 0) is 39.3 Å². The minimum absolute atomic E-state index is 0.00778. The van der Waals surface area contributed by atoms with Crippen molar-refractivity contribution in [3.8, 4) is 6.07 Å². The number of hydrogen-bond acceptors (Lipinski definition) is 5. The van der Waals surface area contributed by atoms with Crippen molar-refractivity contribution in [2.45, 2.75) is 38.8 Å². The van der Waals surface area contributed by atoms with E-state index in [0.29, 0.717) is 17.9 Å². The van der Waals surface area contributed by atoms with Gasteiger partial charge in [0, 0.05) is 19.3 Å². The molecule has 1 amide bonds. The van der Waals surface area contributed by atoms with Crippen LogP contribution in [0.15, 0.2) is 18.3 Å². The number of rotatable bonds is 2. The summed E-state index contributed by atoms with van der Waals surface area (Å²) in [4.78, 5) is 18.0. The van der Waals surface area contributed by atoms with Crippen molar-refractivity contribution in [1.29, 1.82) is 5.26 Å². The van der Waals surface area contributed by atoms with Crippen LogP contribution in [0.25, 0.3) is 0 Å². The number of ether oxygens (including phenoxy) is 1. The molecular formula is C15H20N4O2. The lowest BCUT2D eigenvalue weighted by Crippen LogP contribution is -2.40. The number of amides is 1. The fourth-order valence-corrected chi connectivity index (χ4v) is 2.28. The number of carbonyl (C=O) groups excluding carboxylic acids is 1. The maximum atomic E-state index is 11.8. The Labute approximate surface area is 124 Å². The number of carbonyl (C=O) groups is 1. The fourth-order valence-electron chi connectivity index (χ4n) is 2.28. The minimum atomic E-state index is -0.503. The Hall–Kier alpha value is -2.29. The molecule has 1 saturated heterocycles. The predicted octanol–water partition coefficient (Wildman–Crippen LogP) is 2.06. The van der Waals surface area contributed by atoms with E-state index < -0.39 is 11.7 Å². The summed E-state index contributed by atoms with van der Waals surface area (Å²) in [7, 11) is 0. The van der Waals surface area contributed by atoms with Crippen LogP contribution < -0.4 is 10.2 Å². The molecule has 1 aliphatic heterocycles. The first-order valence-corrected chi connectivity index (χ1v) is 6.98. The van der Waals surface area contributed by atoms with Gasteiger partial charge in [-0.1, -0.05) is 0 Å². The Bertz CT molecular complexity index is 560. The number of nitrogens with one attached hydrogen (secondary N) is 1. The van der Waals surface area contributed by atoms with Gasteiger partial charge in [0.25, 0.3) is 0 Å². The number of alkyl carbamates (subject to hydrolysis) is 1. The summed E-state index contributed by atoms with van der Waals surface area (Å²) in [6, 6.07) is 5.64. The molecule has 112 valence electrons. The van der Waals surface area contributed by atoms with Gasteiger partial charge in [0.1, 0.15) is 17.5 Å². The Kier molecular flexibility index (Phi) is 4.32. The molecule has 0 saturated carbocycles. The van der Waals surface area contributed by atoms with Gasteiger partial charge < -0.3 is 15.0 Å². The van der Waals surface area contributed by atoms with Crippen LogP contribution in [0.2, 0.25) is 0 Å². The van der Waals surface area contributed by atoms with E-state index >= 15 is 0 Å². The Morgan fingerprint density at radius 1 is 1.57 bits per heavy atom. The molecule has 2 heterocycles. The standard InChI is InChI=1S/C15H20N4O2/c1-15(2,3)21-14(20)18-12-6-8-19(10-12)13-11(9-16)5-4-7-17-13/h4-5,7,12H,6,8,10H2,1-3H3,(H,18,20)/t12-/m0/s1. The average molecular weight is 288 g/mol. The molecule has 6 heteroatoms. The summed E-state index contributed by atoms with van der Waals surface area (Å²) >= 11 is 0. The molecule has 0 unspecified atom stereocenters. The predicted molar refractivity (Wildman–Crippen MR) is 78.9 cm³/mol. The number of hydrogen-bond donors (Lipinski definition) is 1. The number of nitrogens with zero attached hydrogens (tertiary/aromatic N) is 3. The van der Waals surface area contributed by atoms with Gasteiger partial charge in [-0.3, -0.25) is 0 Å². The van der Waals surface area contributed by atoms with Gasteiger partial charge in [0.15, 0.2) is 0 Å².